The van der Waals surface area contributed by atoms with E-state index in [1.807, 2.05) is 17.7 Å². The van der Waals surface area contributed by atoms with Crippen LogP contribution in [0, 0.1) is 25.5 Å². The molecule has 0 atom stereocenters. The molecule has 0 bridgehead atoms. The number of aryl methyl sites for hydroxylation is 3. The van der Waals surface area contributed by atoms with Crippen molar-refractivity contribution in [2.24, 2.45) is 0 Å². The summed E-state index contributed by atoms with van der Waals surface area (Å²) in [4.78, 5) is 7.77. The molecule has 3 nitrogen and oxygen atoms in total. The van der Waals surface area contributed by atoms with Gasteiger partial charge in [0.2, 0.25) is 0 Å². The van der Waals surface area contributed by atoms with E-state index >= 15 is 0 Å². The van der Waals surface area contributed by atoms with Crippen molar-refractivity contribution in [3.8, 4) is 5.69 Å². The monoisotopic (exact) mass is 347 g/mol. The summed E-state index contributed by atoms with van der Waals surface area (Å²) < 4.78 is 3.76. The van der Waals surface area contributed by atoms with Gasteiger partial charge in [-0.05, 0) is 67.9 Å². The van der Waals surface area contributed by atoms with E-state index in [9.17, 15) is 0 Å². The smallest absolute Gasteiger partial charge is 0.184 e. The highest BCUT2D eigenvalue weighted by molar-refractivity contribution is 9.10. The van der Waals surface area contributed by atoms with Crippen molar-refractivity contribution in [1.82, 2.24) is 14.5 Å². The molecular formula is C15H14BrN3S. The average molecular weight is 348 g/mol. The quantitative estimate of drug-likeness (QED) is 0.643. The van der Waals surface area contributed by atoms with Crippen LogP contribution >= 0.6 is 28.1 Å². The van der Waals surface area contributed by atoms with E-state index in [4.69, 9.17) is 12.2 Å². The molecule has 0 radical (unpaired) electrons. The first-order chi connectivity index (χ1) is 9.47. The van der Waals surface area contributed by atoms with E-state index in [0.717, 1.165) is 38.0 Å². The maximum Gasteiger partial charge on any atom is 0.184 e. The average Bonchev–Trinajstić information content (AvgIpc) is 2.64. The summed E-state index contributed by atoms with van der Waals surface area (Å²) >= 11 is 9.02. The van der Waals surface area contributed by atoms with Crippen LogP contribution in [-0.4, -0.2) is 14.5 Å². The molecule has 0 spiro atoms. The van der Waals surface area contributed by atoms with Crippen LogP contribution in [0.4, 0.5) is 0 Å². The minimum absolute atomic E-state index is 0.673. The van der Waals surface area contributed by atoms with Gasteiger partial charge in [0.1, 0.15) is 0 Å². The minimum atomic E-state index is 0.673. The van der Waals surface area contributed by atoms with Crippen LogP contribution in [0.2, 0.25) is 0 Å². The number of benzene rings is 1. The van der Waals surface area contributed by atoms with Crippen LogP contribution in [0.25, 0.3) is 16.9 Å². The summed E-state index contributed by atoms with van der Waals surface area (Å²) in [6.07, 6.45) is 1.87. The lowest BCUT2D eigenvalue weighted by molar-refractivity contribution is 1.01. The lowest BCUT2D eigenvalue weighted by atomic mass is 10.1. The van der Waals surface area contributed by atoms with Gasteiger partial charge in [-0.15, -0.1) is 0 Å². The molecule has 3 rings (SSSR count). The standard InChI is InChI=1S/C15H14BrN3S/c1-8-4-12-14(17-7-8)19(15(20)18-12)13-9(2)5-11(16)6-10(13)3/h4-7H,1-3H3,(H,18,20). The zero-order valence-electron chi connectivity index (χ0n) is 11.5. The number of aromatic nitrogens is 3. The molecule has 0 aliphatic heterocycles. The van der Waals surface area contributed by atoms with Gasteiger partial charge in [-0.25, -0.2) is 4.98 Å². The van der Waals surface area contributed by atoms with Crippen LogP contribution < -0.4 is 0 Å². The first-order valence-electron chi connectivity index (χ1n) is 6.32. The number of hydrogen-bond donors (Lipinski definition) is 1. The number of nitrogens with one attached hydrogen (secondary N) is 1. The van der Waals surface area contributed by atoms with E-state index in [0.29, 0.717) is 4.77 Å². The molecule has 0 unspecified atom stereocenters. The van der Waals surface area contributed by atoms with Crippen molar-refractivity contribution in [1.29, 1.82) is 0 Å². The Kier molecular flexibility index (Phi) is 3.26. The van der Waals surface area contributed by atoms with Gasteiger partial charge < -0.3 is 4.98 Å². The van der Waals surface area contributed by atoms with E-state index in [1.165, 1.54) is 0 Å². The zero-order chi connectivity index (χ0) is 14.4. The van der Waals surface area contributed by atoms with Crippen LogP contribution in [0.1, 0.15) is 16.7 Å². The van der Waals surface area contributed by atoms with Crippen molar-refractivity contribution >= 4 is 39.3 Å². The van der Waals surface area contributed by atoms with Crippen molar-refractivity contribution in [3.05, 3.63) is 50.3 Å². The molecular weight excluding hydrogens is 334 g/mol. The second-order valence-electron chi connectivity index (χ2n) is 5.04. The third kappa shape index (κ3) is 2.11. The Bertz CT molecular complexity index is 853. The van der Waals surface area contributed by atoms with Crippen molar-refractivity contribution < 1.29 is 0 Å². The Morgan fingerprint density at radius 1 is 1.15 bits per heavy atom. The molecule has 20 heavy (non-hydrogen) atoms. The topological polar surface area (TPSA) is 33.6 Å². The van der Waals surface area contributed by atoms with Gasteiger partial charge in [-0.1, -0.05) is 15.9 Å². The number of aromatic amines is 1. The molecule has 2 heterocycles. The maximum absolute atomic E-state index is 5.49. The molecule has 1 N–H and O–H groups in total. The summed E-state index contributed by atoms with van der Waals surface area (Å²) in [6.45, 7) is 6.20. The summed E-state index contributed by atoms with van der Waals surface area (Å²) in [5.74, 6) is 0. The Labute approximate surface area is 130 Å². The highest BCUT2D eigenvalue weighted by atomic mass is 79.9. The number of pyridine rings is 1. The number of imidazole rings is 1. The molecule has 0 aliphatic rings. The van der Waals surface area contributed by atoms with Crippen LogP contribution in [0.15, 0.2) is 28.9 Å². The van der Waals surface area contributed by atoms with Gasteiger partial charge in [0.25, 0.3) is 0 Å². The number of nitrogens with zero attached hydrogens (tertiary/aromatic N) is 2. The molecule has 0 fully saturated rings. The second kappa shape index (κ2) is 4.82. The summed E-state index contributed by atoms with van der Waals surface area (Å²) in [7, 11) is 0. The second-order valence-corrected chi connectivity index (χ2v) is 6.34. The first kappa shape index (κ1) is 13.5. The van der Waals surface area contributed by atoms with Gasteiger partial charge in [0.05, 0.1) is 11.2 Å². The summed E-state index contributed by atoms with van der Waals surface area (Å²) in [5, 5.41) is 0. The maximum atomic E-state index is 5.49. The Morgan fingerprint density at radius 3 is 2.45 bits per heavy atom. The van der Waals surface area contributed by atoms with E-state index in [-0.39, 0.29) is 0 Å². The third-order valence-corrected chi connectivity index (χ3v) is 4.08. The SMILES string of the molecule is Cc1cnc2c(c1)[nH]c(=S)n2-c1c(C)cc(Br)cc1C. The Hall–Kier alpha value is -1.46. The van der Waals surface area contributed by atoms with Gasteiger partial charge in [0.15, 0.2) is 10.4 Å². The predicted octanol–water partition coefficient (Wildman–Crippen LogP) is 4.77. The number of fused-ring (bicyclic) bond motifs is 1. The lowest BCUT2D eigenvalue weighted by Crippen LogP contribution is -2.01. The van der Waals surface area contributed by atoms with Crippen molar-refractivity contribution in [3.63, 3.8) is 0 Å². The molecule has 3 aromatic rings. The molecule has 1 aromatic carbocycles. The molecule has 0 aliphatic carbocycles. The fourth-order valence-electron chi connectivity index (χ4n) is 2.56. The van der Waals surface area contributed by atoms with Gasteiger partial charge in [-0.2, -0.15) is 0 Å². The summed E-state index contributed by atoms with van der Waals surface area (Å²) in [6, 6.07) is 6.26. The Morgan fingerprint density at radius 2 is 1.80 bits per heavy atom. The first-order valence-corrected chi connectivity index (χ1v) is 7.52. The summed E-state index contributed by atoms with van der Waals surface area (Å²) in [5.41, 5.74) is 6.38. The molecule has 2 aromatic heterocycles. The van der Waals surface area contributed by atoms with Crippen LogP contribution in [0.3, 0.4) is 0 Å². The number of halogens is 1. The van der Waals surface area contributed by atoms with E-state index in [1.54, 1.807) is 0 Å². The normalized spacial score (nSPS) is 11.2. The molecule has 0 amide bonds. The van der Waals surface area contributed by atoms with E-state index in [2.05, 4.69) is 57.9 Å². The van der Waals surface area contributed by atoms with Crippen molar-refractivity contribution in [2.45, 2.75) is 20.8 Å². The number of rotatable bonds is 1. The molecule has 5 heteroatoms. The van der Waals surface area contributed by atoms with Crippen LogP contribution in [-0.2, 0) is 0 Å². The molecule has 102 valence electrons. The highest BCUT2D eigenvalue weighted by Crippen LogP contribution is 2.27. The molecule has 0 saturated carbocycles. The lowest BCUT2D eigenvalue weighted by Gasteiger charge is -2.12. The minimum Gasteiger partial charge on any atom is -0.329 e. The van der Waals surface area contributed by atoms with E-state index < -0.39 is 0 Å². The largest absolute Gasteiger partial charge is 0.329 e. The highest BCUT2D eigenvalue weighted by Gasteiger charge is 2.13. The van der Waals surface area contributed by atoms with Crippen LogP contribution in [0.5, 0.6) is 0 Å². The van der Waals surface area contributed by atoms with Crippen molar-refractivity contribution in [2.75, 3.05) is 0 Å². The fourth-order valence-corrected chi connectivity index (χ4v) is 3.54. The molecule has 0 saturated heterocycles. The van der Waals surface area contributed by atoms with Gasteiger partial charge >= 0.3 is 0 Å². The van der Waals surface area contributed by atoms with Gasteiger partial charge in [0, 0.05) is 10.7 Å². The zero-order valence-corrected chi connectivity index (χ0v) is 13.9. The number of H-pyrrole nitrogens is 1. The number of hydrogen-bond acceptors (Lipinski definition) is 2. The third-order valence-electron chi connectivity index (χ3n) is 3.34. The Balaban J connectivity index is 2.41. The predicted molar refractivity (Wildman–Crippen MR) is 88.2 cm³/mol. The fraction of sp³-hybridized carbons (Fsp3) is 0.200. The van der Waals surface area contributed by atoms with Gasteiger partial charge in [-0.3, -0.25) is 4.57 Å².